The Bertz CT molecular complexity index is 498. The van der Waals surface area contributed by atoms with Gasteiger partial charge in [0.1, 0.15) is 6.61 Å². The summed E-state index contributed by atoms with van der Waals surface area (Å²) in [6.45, 7) is 5.45. The van der Waals surface area contributed by atoms with Gasteiger partial charge in [-0.05, 0) is 30.9 Å². The summed E-state index contributed by atoms with van der Waals surface area (Å²) in [7, 11) is 0. The van der Waals surface area contributed by atoms with Crippen LogP contribution in [0.4, 0.5) is 4.79 Å². The Morgan fingerprint density at radius 3 is 2.96 bits per heavy atom. The lowest BCUT2D eigenvalue weighted by molar-refractivity contribution is -0.0718. The number of aliphatic hydroxyl groups is 1. The van der Waals surface area contributed by atoms with Crippen LogP contribution in [0.15, 0.2) is 24.4 Å². The van der Waals surface area contributed by atoms with Gasteiger partial charge in [0.15, 0.2) is 6.29 Å². The first-order valence-electron chi connectivity index (χ1n) is 8.41. The zero-order valence-electron chi connectivity index (χ0n) is 14.3. The van der Waals surface area contributed by atoms with E-state index in [4.69, 9.17) is 9.47 Å². The monoisotopic (exact) mass is 337 g/mol. The second kappa shape index (κ2) is 9.56. The largest absolute Gasteiger partial charge is 0.443 e. The summed E-state index contributed by atoms with van der Waals surface area (Å²) < 4.78 is 10.3. The van der Waals surface area contributed by atoms with E-state index in [1.807, 2.05) is 18.2 Å². The Kier molecular flexibility index (Phi) is 7.42. The van der Waals surface area contributed by atoms with Gasteiger partial charge in [-0.25, -0.2) is 4.79 Å². The van der Waals surface area contributed by atoms with Crippen molar-refractivity contribution in [1.82, 2.24) is 15.6 Å². The maximum absolute atomic E-state index is 12.0. The van der Waals surface area contributed by atoms with Crippen molar-refractivity contribution in [2.24, 2.45) is 5.92 Å². The first kappa shape index (κ1) is 18.6. The highest BCUT2D eigenvalue weighted by atomic mass is 16.6. The average Bonchev–Trinajstić information content (AvgIpc) is 2.96. The van der Waals surface area contributed by atoms with Gasteiger partial charge < -0.3 is 25.2 Å². The van der Waals surface area contributed by atoms with E-state index in [0.717, 1.165) is 12.8 Å². The number of nitrogens with zero attached hydrogens (tertiary/aromatic N) is 1. The number of hydrogen-bond acceptors (Lipinski definition) is 6. The number of carbonyl (C=O) groups is 1. The minimum atomic E-state index is -0.777. The number of carbonyl (C=O) groups excluding carboxylic acids is 1. The van der Waals surface area contributed by atoms with Gasteiger partial charge in [0, 0.05) is 18.8 Å². The van der Waals surface area contributed by atoms with Crippen molar-refractivity contribution in [3.63, 3.8) is 0 Å². The lowest BCUT2D eigenvalue weighted by Crippen LogP contribution is -2.47. The summed E-state index contributed by atoms with van der Waals surface area (Å²) in [5.74, 6) is 0.428. The summed E-state index contributed by atoms with van der Waals surface area (Å²) in [6, 6.07) is 5.31. The third-order valence-electron chi connectivity index (χ3n) is 3.84. The highest BCUT2D eigenvalue weighted by Crippen LogP contribution is 2.11. The van der Waals surface area contributed by atoms with Gasteiger partial charge >= 0.3 is 6.09 Å². The van der Waals surface area contributed by atoms with E-state index in [0.29, 0.717) is 24.8 Å². The number of alkyl carbamates (subject to hydrolysis) is 1. The van der Waals surface area contributed by atoms with E-state index in [9.17, 15) is 9.90 Å². The molecular formula is C17H27N3O4. The maximum atomic E-state index is 12.0. The van der Waals surface area contributed by atoms with E-state index in [2.05, 4.69) is 29.5 Å². The molecule has 7 heteroatoms. The Morgan fingerprint density at radius 1 is 1.50 bits per heavy atom. The smallest absolute Gasteiger partial charge is 0.407 e. The normalized spacial score (nSPS) is 21.7. The third-order valence-corrected chi connectivity index (χ3v) is 3.84. The van der Waals surface area contributed by atoms with Crippen LogP contribution in [0, 0.1) is 5.92 Å². The molecule has 7 nitrogen and oxygen atoms in total. The molecule has 1 unspecified atom stereocenters. The number of ether oxygens (including phenoxy) is 2. The molecular weight excluding hydrogens is 310 g/mol. The average molecular weight is 337 g/mol. The van der Waals surface area contributed by atoms with Gasteiger partial charge in [-0.3, -0.25) is 4.98 Å². The molecule has 0 radical (unpaired) electrons. The van der Waals surface area contributed by atoms with Crippen LogP contribution in [-0.2, 0) is 16.1 Å². The molecule has 1 aliphatic heterocycles. The summed E-state index contributed by atoms with van der Waals surface area (Å²) in [4.78, 5) is 16.1. The topological polar surface area (TPSA) is 92.7 Å². The van der Waals surface area contributed by atoms with Crippen molar-refractivity contribution >= 4 is 6.09 Å². The van der Waals surface area contributed by atoms with Gasteiger partial charge in [0.2, 0.25) is 0 Å². The highest BCUT2D eigenvalue weighted by molar-refractivity contribution is 5.67. The van der Waals surface area contributed by atoms with Crippen LogP contribution in [-0.4, -0.2) is 47.7 Å². The summed E-state index contributed by atoms with van der Waals surface area (Å²) >= 11 is 0. The van der Waals surface area contributed by atoms with Crippen molar-refractivity contribution in [3.8, 4) is 0 Å². The number of aliphatic hydroxyl groups excluding tert-OH is 1. The molecule has 1 amide bonds. The first-order chi connectivity index (χ1) is 11.5. The highest BCUT2D eigenvalue weighted by Gasteiger charge is 2.26. The zero-order chi connectivity index (χ0) is 17.4. The summed E-state index contributed by atoms with van der Waals surface area (Å²) in [6.07, 6.45) is 2.00. The number of pyridine rings is 1. The summed E-state index contributed by atoms with van der Waals surface area (Å²) in [5, 5.41) is 15.8. The minimum absolute atomic E-state index is 0.0750. The number of rotatable bonds is 8. The van der Waals surface area contributed by atoms with E-state index < -0.39 is 12.4 Å². The predicted octanol–water partition coefficient (Wildman–Crippen LogP) is 1.42. The van der Waals surface area contributed by atoms with Gasteiger partial charge in [-0.15, -0.1) is 0 Å². The second-order valence-electron chi connectivity index (χ2n) is 6.43. The molecule has 0 aliphatic carbocycles. The van der Waals surface area contributed by atoms with Crippen molar-refractivity contribution in [3.05, 3.63) is 30.1 Å². The molecule has 1 aromatic heterocycles. The quantitative estimate of drug-likeness (QED) is 0.664. The van der Waals surface area contributed by atoms with Crippen LogP contribution < -0.4 is 10.6 Å². The van der Waals surface area contributed by atoms with Gasteiger partial charge in [-0.2, -0.15) is 0 Å². The second-order valence-corrected chi connectivity index (χ2v) is 6.43. The standard InChI is InChI=1S/C17H27N3O4/c1-12(2)9-14(10-19-15-6-8-23-16(15)21)20-17(22)24-11-13-5-3-4-7-18-13/h3-5,7,12,14-16,19,21H,6,8-11H2,1-2H3,(H,20,22)/t14-,15+,16?/m1/s1. The first-order valence-corrected chi connectivity index (χ1v) is 8.41. The van der Waals surface area contributed by atoms with Crippen molar-refractivity contribution in [2.45, 2.75) is 51.7 Å². The molecule has 0 aromatic carbocycles. The SMILES string of the molecule is CC(C)C[C@H](CN[C@H]1CCOC1O)NC(=O)OCc1ccccn1. The van der Waals surface area contributed by atoms with E-state index in [-0.39, 0.29) is 18.7 Å². The number of amides is 1. The van der Waals surface area contributed by atoms with Gasteiger partial charge in [0.25, 0.3) is 0 Å². The fourth-order valence-electron chi connectivity index (χ4n) is 2.66. The maximum Gasteiger partial charge on any atom is 0.407 e. The Morgan fingerprint density at radius 2 is 2.33 bits per heavy atom. The molecule has 0 saturated carbocycles. The van der Waals surface area contributed by atoms with Crippen LogP contribution in [0.3, 0.4) is 0 Å². The van der Waals surface area contributed by atoms with Crippen molar-refractivity contribution in [1.29, 1.82) is 0 Å². The molecule has 1 saturated heterocycles. The van der Waals surface area contributed by atoms with Crippen LogP contribution >= 0.6 is 0 Å². The molecule has 2 rings (SSSR count). The Labute approximate surface area is 142 Å². The Balaban J connectivity index is 1.77. The molecule has 3 N–H and O–H groups in total. The van der Waals surface area contributed by atoms with Gasteiger partial charge in [-0.1, -0.05) is 19.9 Å². The molecule has 1 fully saturated rings. The number of aromatic nitrogens is 1. The fraction of sp³-hybridized carbons (Fsp3) is 0.647. The van der Waals surface area contributed by atoms with Crippen LogP contribution in [0.2, 0.25) is 0 Å². The fourth-order valence-corrected chi connectivity index (χ4v) is 2.66. The van der Waals surface area contributed by atoms with Crippen molar-refractivity contribution in [2.75, 3.05) is 13.2 Å². The summed E-state index contributed by atoms with van der Waals surface area (Å²) in [5.41, 5.74) is 0.706. The lowest BCUT2D eigenvalue weighted by atomic mass is 10.0. The van der Waals surface area contributed by atoms with Crippen LogP contribution in [0.1, 0.15) is 32.4 Å². The molecule has 3 atom stereocenters. The van der Waals surface area contributed by atoms with Crippen LogP contribution in [0.5, 0.6) is 0 Å². The zero-order valence-corrected chi connectivity index (χ0v) is 14.3. The number of nitrogens with one attached hydrogen (secondary N) is 2. The molecule has 134 valence electrons. The molecule has 1 aromatic rings. The molecule has 0 spiro atoms. The predicted molar refractivity (Wildman–Crippen MR) is 89.2 cm³/mol. The third kappa shape index (κ3) is 6.43. The van der Waals surface area contributed by atoms with Crippen molar-refractivity contribution < 1.29 is 19.4 Å². The molecule has 24 heavy (non-hydrogen) atoms. The van der Waals surface area contributed by atoms with E-state index in [1.165, 1.54) is 0 Å². The minimum Gasteiger partial charge on any atom is -0.443 e. The Hall–Kier alpha value is -1.70. The number of hydrogen-bond donors (Lipinski definition) is 3. The molecule has 2 heterocycles. The lowest BCUT2D eigenvalue weighted by Gasteiger charge is -2.23. The van der Waals surface area contributed by atoms with Crippen LogP contribution in [0.25, 0.3) is 0 Å². The van der Waals surface area contributed by atoms with Gasteiger partial charge in [0.05, 0.1) is 18.3 Å². The molecule has 0 bridgehead atoms. The molecule has 1 aliphatic rings. The van der Waals surface area contributed by atoms with E-state index in [1.54, 1.807) is 6.20 Å². The van der Waals surface area contributed by atoms with E-state index >= 15 is 0 Å².